The van der Waals surface area contributed by atoms with Crippen molar-refractivity contribution in [3.05, 3.63) is 49.2 Å². The van der Waals surface area contributed by atoms with E-state index in [0.717, 1.165) is 0 Å². The first-order valence-electron chi connectivity index (χ1n) is 5.95. The third-order valence-corrected chi connectivity index (χ3v) is 3.87. The molecule has 1 amide bonds. The molecule has 0 unspecified atom stereocenters. The number of benzene rings is 1. The Bertz CT molecular complexity index is 760. The largest absolute Gasteiger partial charge is 0.397 e. The number of aromatic nitrogens is 2. The molecule has 1 aromatic heterocycles. The second-order valence-corrected chi connectivity index (χ2v) is 5.90. The molecule has 0 radical (unpaired) electrons. The van der Waals surface area contributed by atoms with E-state index < -0.39 is 0 Å². The maximum absolute atomic E-state index is 12.0. The Morgan fingerprint density at radius 2 is 2.24 bits per heavy atom. The van der Waals surface area contributed by atoms with Crippen molar-refractivity contribution >= 4 is 51.5 Å². The number of hydrogen-bond acceptors (Lipinski definition) is 4. The molecule has 0 saturated carbocycles. The molecule has 0 spiro atoms. The molecule has 0 aliphatic rings. The zero-order valence-electron chi connectivity index (χ0n) is 11.1. The zero-order chi connectivity index (χ0) is 15.6. The molecule has 110 valence electrons. The minimum Gasteiger partial charge on any atom is -0.397 e. The summed E-state index contributed by atoms with van der Waals surface area (Å²) in [5, 5.41) is 3.08. The molecular weight excluding hydrogens is 407 g/mol. The van der Waals surface area contributed by atoms with Crippen molar-refractivity contribution in [1.82, 2.24) is 9.55 Å². The fraction of sp³-hybridized carbons (Fsp3) is 0.154. The summed E-state index contributed by atoms with van der Waals surface area (Å²) in [6.45, 7) is 1.56. The highest BCUT2D eigenvalue weighted by atomic mass is 127. The van der Waals surface area contributed by atoms with E-state index in [0.29, 0.717) is 25.8 Å². The molecule has 1 aromatic carbocycles. The normalized spacial score (nSPS) is 10.4. The fourth-order valence-corrected chi connectivity index (χ4v) is 2.25. The van der Waals surface area contributed by atoms with E-state index in [1.807, 2.05) is 22.6 Å². The van der Waals surface area contributed by atoms with Crippen LogP contribution in [0.1, 0.15) is 5.82 Å². The van der Waals surface area contributed by atoms with Crippen molar-refractivity contribution in [1.29, 1.82) is 0 Å². The van der Waals surface area contributed by atoms with Gasteiger partial charge in [0.1, 0.15) is 12.4 Å². The van der Waals surface area contributed by atoms with Crippen LogP contribution in [0.3, 0.4) is 0 Å². The number of nitrogen functional groups attached to an aromatic ring is 1. The minimum absolute atomic E-state index is 0.114. The van der Waals surface area contributed by atoms with Crippen LogP contribution in [0, 0.1) is 10.5 Å². The predicted octanol–water partition coefficient (Wildman–Crippen LogP) is 2.03. The molecule has 0 atom stereocenters. The lowest BCUT2D eigenvalue weighted by molar-refractivity contribution is -0.116. The van der Waals surface area contributed by atoms with Gasteiger partial charge < -0.3 is 11.1 Å². The van der Waals surface area contributed by atoms with Crippen molar-refractivity contribution in [3.8, 4) is 0 Å². The molecule has 0 aliphatic carbocycles. The number of nitrogens with two attached hydrogens (primary N) is 1. The van der Waals surface area contributed by atoms with Crippen molar-refractivity contribution in [2.75, 3.05) is 11.1 Å². The SMILES string of the molecule is Cc1ncc(I)c(=O)n1CC(=O)Nc1ccc(Cl)c(N)c1. The number of carbonyl (C=O) groups is 1. The van der Waals surface area contributed by atoms with Gasteiger partial charge in [0.15, 0.2) is 0 Å². The third kappa shape index (κ3) is 3.73. The number of aryl methyl sites for hydroxylation is 1. The highest BCUT2D eigenvalue weighted by Gasteiger charge is 2.10. The van der Waals surface area contributed by atoms with Crippen LogP contribution in [-0.2, 0) is 11.3 Å². The second kappa shape index (κ2) is 6.44. The lowest BCUT2D eigenvalue weighted by Crippen LogP contribution is -2.31. The highest BCUT2D eigenvalue weighted by Crippen LogP contribution is 2.22. The van der Waals surface area contributed by atoms with Gasteiger partial charge in [-0.3, -0.25) is 14.2 Å². The van der Waals surface area contributed by atoms with Gasteiger partial charge in [0.05, 0.1) is 14.3 Å². The Kier molecular flexibility index (Phi) is 4.84. The molecule has 2 aromatic rings. The molecule has 2 rings (SSSR count). The summed E-state index contributed by atoms with van der Waals surface area (Å²) in [7, 11) is 0. The molecule has 0 bridgehead atoms. The van der Waals surface area contributed by atoms with E-state index in [-0.39, 0.29) is 18.0 Å². The van der Waals surface area contributed by atoms with Gasteiger partial charge in [0.2, 0.25) is 5.91 Å². The first kappa shape index (κ1) is 15.8. The van der Waals surface area contributed by atoms with Crippen molar-refractivity contribution in [2.24, 2.45) is 0 Å². The van der Waals surface area contributed by atoms with E-state index in [9.17, 15) is 9.59 Å². The van der Waals surface area contributed by atoms with Crippen LogP contribution in [0.25, 0.3) is 0 Å². The summed E-state index contributed by atoms with van der Waals surface area (Å²) >= 11 is 7.70. The lowest BCUT2D eigenvalue weighted by atomic mass is 10.3. The Balaban J connectivity index is 2.17. The maximum atomic E-state index is 12.0. The third-order valence-electron chi connectivity index (χ3n) is 2.79. The van der Waals surface area contributed by atoms with E-state index in [1.54, 1.807) is 25.1 Å². The Morgan fingerprint density at radius 1 is 1.52 bits per heavy atom. The fourth-order valence-electron chi connectivity index (χ4n) is 1.70. The number of hydrogen-bond donors (Lipinski definition) is 2. The van der Waals surface area contributed by atoms with E-state index in [4.69, 9.17) is 17.3 Å². The maximum Gasteiger partial charge on any atom is 0.267 e. The molecule has 21 heavy (non-hydrogen) atoms. The summed E-state index contributed by atoms with van der Waals surface area (Å²) in [4.78, 5) is 28.1. The first-order chi connectivity index (χ1) is 9.88. The predicted molar refractivity (Wildman–Crippen MR) is 90.4 cm³/mol. The van der Waals surface area contributed by atoms with Gasteiger partial charge in [-0.25, -0.2) is 4.98 Å². The topological polar surface area (TPSA) is 90.0 Å². The summed E-state index contributed by atoms with van der Waals surface area (Å²) in [5.74, 6) is 0.136. The van der Waals surface area contributed by atoms with Gasteiger partial charge in [0.25, 0.3) is 5.56 Å². The first-order valence-corrected chi connectivity index (χ1v) is 7.41. The van der Waals surface area contributed by atoms with Crippen LogP contribution in [0.4, 0.5) is 11.4 Å². The van der Waals surface area contributed by atoms with Crippen LogP contribution in [-0.4, -0.2) is 15.5 Å². The van der Waals surface area contributed by atoms with Gasteiger partial charge >= 0.3 is 0 Å². The molecule has 3 N–H and O–H groups in total. The molecule has 8 heteroatoms. The number of anilines is 2. The second-order valence-electron chi connectivity index (χ2n) is 4.33. The van der Waals surface area contributed by atoms with Crippen LogP contribution in [0.5, 0.6) is 0 Å². The molecular formula is C13H12ClIN4O2. The van der Waals surface area contributed by atoms with Gasteiger partial charge in [-0.15, -0.1) is 0 Å². The lowest BCUT2D eigenvalue weighted by Gasteiger charge is -2.10. The molecule has 0 aliphatic heterocycles. The van der Waals surface area contributed by atoms with Crippen molar-refractivity contribution < 1.29 is 4.79 Å². The van der Waals surface area contributed by atoms with E-state index >= 15 is 0 Å². The van der Waals surface area contributed by atoms with Gasteiger partial charge in [-0.05, 0) is 47.7 Å². The monoisotopic (exact) mass is 418 g/mol. The summed E-state index contributed by atoms with van der Waals surface area (Å²) in [6, 6.07) is 4.79. The summed E-state index contributed by atoms with van der Waals surface area (Å²) in [6.07, 6.45) is 1.48. The Labute approximate surface area is 139 Å². The molecule has 0 fully saturated rings. The number of amides is 1. The van der Waals surface area contributed by atoms with Crippen LogP contribution in [0.15, 0.2) is 29.2 Å². The highest BCUT2D eigenvalue weighted by molar-refractivity contribution is 14.1. The van der Waals surface area contributed by atoms with Gasteiger partial charge in [0, 0.05) is 11.9 Å². The average molecular weight is 419 g/mol. The standard InChI is InChI=1S/C13H12ClIN4O2/c1-7-17-5-10(15)13(21)19(7)6-12(20)18-8-2-3-9(14)11(16)4-8/h2-5H,6,16H2,1H3,(H,18,20). The summed E-state index contributed by atoms with van der Waals surface area (Å²) in [5.41, 5.74) is 6.32. The van der Waals surface area contributed by atoms with Crippen molar-refractivity contribution in [3.63, 3.8) is 0 Å². The number of halogens is 2. The molecule has 0 saturated heterocycles. The molecule has 6 nitrogen and oxygen atoms in total. The minimum atomic E-state index is -0.342. The van der Waals surface area contributed by atoms with Crippen LogP contribution in [0.2, 0.25) is 5.02 Å². The van der Waals surface area contributed by atoms with Crippen LogP contribution < -0.4 is 16.6 Å². The molecule has 1 heterocycles. The van der Waals surface area contributed by atoms with E-state index in [2.05, 4.69) is 10.3 Å². The smallest absolute Gasteiger partial charge is 0.267 e. The van der Waals surface area contributed by atoms with Gasteiger partial charge in [-0.2, -0.15) is 0 Å². The van der Waals surface area contributed by atoms with Crippen molar-refractivity contribution in [2.45, 2.75) is 13.5 Å². The average Bonchev–Trinajstić information content (AvgIpc) is 2.43. The quantitative estimate of drug-likeness (QED) is 0.589. The number of rotatable bonds is 3. The number of nitrogens with one attached hydrogen (secondary N) is 1. The van der Waals surface area contributed by atoms with E-state index in [1.165, 1.54) is 10.8 Å². The zero-order valence-corrected chi connectivity index (χ0v) is 14.0. The van der Waals surface area contributed by atoms with Gasteiger partial charge in [-0.1, -0.05) is 11.6 Å². The summed E-state index contributed by atoms with van der Waals surface area (Å²) < 4.78 is 1.78. The Hall–Kier alpha value is -1.61. The number of nitrogens with zero attached hydrogens (tertiary/aromatic N) is 2. The number of carbonyl (C=O) groups excluding carboxylic acids is 1. The Morgan fingerprint density at radius 3 is 2.90 bits per heavy atom. The van der Waals surface area contributed by atoms with Crippen LogP contribution >= 0.6 is 34.2 Å².